The van der Waals surface area contributed by atoms with Crippen molar-refractivity contribution in [3.05, 3.63) is 0 Å². The normalized spacial score (nSPS) is 11.5. The Morgan fingerprint density at radius 3 is 2.36 bits per heavy atom. The average Bonchev–Trinajstić information content (AvgIpc) is 1.81. The van der Waals surface area contributed by atoms with E-state index in [4.69, 9.17) is 0 Å². The molecule has 0 aromatic carbocycles. The largest absolute Gasteiger partial charge is 0.384 e. The van der Waals surface area contributed by atoms with Crippen LogP contribution in [0.25, 0.3) is 0 Å². The van der Waals surface area contributed by atoms with E-state index < -0.39 is 9.84 Å². The fraction of sp³-hybridized carbons (Fsp3) is 0.833. The van der Waals surface area contributed by atoms with Gasteiger partial charge in [0.1, 0.15) is 11.5 Å². The Bertz CT molecular complexity index is 217. The first kappa shape index (κ1) is 10.6. The van der Waals surface area contributed by atoms with Gasteiger partial charge >= 0.3 is 0 Å². The maximum absolute atomic E-state index is 10.9. The topological polar surface area (TPSA) is 60.4 Å². The van der Waals surface area contributed by atoms with E-state index in [-0.39, 0.29) is 23.9 Å². The third-order valence-electron chi connectivity index (χ3n) is 1.02. The molecule has 0 rings (SSSR count). The minimum atomic E-state index is -3.22. The lowest BCUT2D eigenvalue weighted by Crippen LogP contribution is -2.19. The molecule has 0 aromatic heterocycles. The fourth-order valence-corrected chi connectivity index (χ4v) is 1.78. The van der Waals surface area contributed by atoms with Crippen LogP contribution < -0.4 is 0 Å². The SMILES string of the molecule is COCCS(=O)(=O)CC(C)=O. The van der Waals surface area contributed by atoms with Gasteiger partial charge in [-0.2, -0.15) is 0 Å². The van der Waals surface area contributed by atoms with Crippen molar-refractivity contribution < 1.29 is 17.9 Å². The quantitative estimate of drug-likeness (QED) is 0.579. The highest BCUT2D eigenvalue weighted by Crippen LogP contribution is 1.90. The standard InChI is InChI=1S/C6H12O4S/c1-6(7)5-11(8,9)4-3-10-2/h3-5H2,1-2H3. The van der Waals surface area contributed by atoms with Crippen LogP contribution in [0, 0.1) is 0 Å². The summed E-state index contributed by atoms with van der Waals surface area (Å²) >= 11 is 0. The molecular weight excluding hydrogens is 168 g/mol. The average molecular weight is 180 g/mol. The molecule has 0 aliphatic rings. The molecule has 0 saturated heterocycles. The summed E-state index contributed by atoms with van der Waals surface area (Å²) < 4.78 is 26.4. The van der Waals surface area contributed by atoms with E-state index in [0.29, 0.717) is 0 Å². The van der Waals surface area contributed by atoms with Gasteiger partial charge in [0.05, 0.1) is 12.4 Å². The van der Waals surface area contributed by atoms with E-state index in [0.717, 1.165) is 0 Å². The molecule has 0 aliphatic heterocycles. The molecule has 0 radical (unpaired) electrons. The van der Waals surface area contributed by atoms with Crippen molar-refractivity contribution >= 4 is 15.6 Å². The summed E-state index contributed by atoms with van der Waals surface area (Å²) in [6, 6.07) is 0. The summed E-state index contributed by atoms with van der Waals surface area (Å²) in [4.78, 5) is 10.4. The van der Waals surface area contributed by atoms with Crippen LogP contribution in [0.4, 0.5) is 0 Å². The smallest absolute Gasteiger partial charge is 0.159 e. The summed E-state index contributed by atoms with van der Waals surface area (Å²) in [5, 5.41) is 0. The van der Waals surface area contributed by atoms with Crippen LogP contribution in [0.1, 0.15) is 6.92 Å². The number of ether oxygens (including phenoxy) is 1. The van der Waals surface area contributed by atoms with E-state index in [2.05, 4.69) is 4.74 Å². The van der Waals surface area contributed by atoms with Crippen LogP contribution in [0.3, 0.4) is 0 Å². The second kappa shape index (κ2) is 4.46. The van der Waals surface area contributed by atoms with E-state index in [9.17, 15) is 13.2 Å². The monoisotopic (exact) mass is 180 g/mol. The molecule has 0 spiro atoms. The molecule has 0 atom stereocenters. The Labute approximate surface area is 66.5 Å². The number of carbonyl (C=O) groups excluding carboxylic acids is 1. The number of Topliss-reactive ketones (excluding diaryl/α,β-unsaturated/α-hetero) is 1. The van der Waals surface area contributed by atoms with Crippen LogP contribution in [0.5, 0.6) is 0 Å². The minimum absolute atomic E-state index is 0.0803. The Balaban J connectivity index is 3.92. The molecule has 0 fully saturated rings. The predicted octanol–water partition coefficient (Wildman–Crippen LogP) is -0.363. The van der Waals surface area contributed by atoms with Gasteiger partial charge in [-0.3, -0.25) is 4.79 Å². The summed E-state index contributed by atoms with van der Waals surface area (Å²) in [6.45, 7) is 1.40. The molecule has 0 amide bonds. The molecule has 66 valence electrons. The molecule has 0 unspecified atom stereocenters. The highest BCUT2D eigenvalue weighted by molar-refractivity contribution is 7.92. The van der Waals surface area contributed by atoms with Crippen LogP contribution in [0.15, 0.2) is 0 Å². The minimum Gasteiger partial charge on any atom is -0.384 e. The number of sulfone groups is 1. The zero-order chi connectivity index (χ0) is 8.91. The number of hydrogen-bond acceptors (Lipinski definition) is 4. The van der Waals surface area contributed by atoms with Crippen molar-refractivity contribution in [2.45, 2.75) is 6.92 Å². The molecule has 0 heterocycles. The van der Waals surface area contributed by atoms with Gasteiger partial charge in [0, 0.05) is 7.11 Å². The Morgan fingerprint density at radius 1 is 1.45 bits per heavy atom. The van der Waals surface area contributed by atoms with E-state index in [1.807, 2.05) is 0 Å². The first-order valence-corrected chi connectivity index (χ1v) is 4.99. The van der Waals surface area contributed by atoms with Gasteiger partial charge in [-0.1, -0.05) is 0 Å². The maximum Gasteiger partial charge on any atom is 0.159 e. The maximum atomic E-state index is 10.9. The molecule has 4 nitrogen and oxygen atoms in total. The molecule has 11 heavy (non-hydrogen) atoms. The van der Waals surface area contributed by atoms with Crippen molar-refractivity contribution in [2.24, 2.45) is 0 Å². The summed E-state index contributed by atoms with van der Waals surface area (Å²) in [5.74, 6) is -0.791. The zero-order valence-corrected chi connectivity index (χ0v) is 7.48. The molecule has 0 aliphatic carbocycles. The van der Waals surface area contributed by atoms with Crippen LogP contribution in [-0.2, 0) is 19.4 Å². The molecule has 0 bridgehead atoms. The molecule has 0 saturated carbocycles. The third kappa shape index (κ3) is 6.00. The third-order valence-corrected chi connectivity index (χ3v) is 2.66. The second-order valence-electron chi connectivity index (χ2n) is 2.29. The van der Waals surface area contributed by atoms with Gasteiger partial charge in [0.15, 0.2) is 9.84 Å². The lowest BCUT2D eigenvalue weighted by Gasteiger charge is -1.99. The lowest BCUT2D eigenvalue weighted by molar-refractivity contribution is -0.114. The number of rotatable bonds is 5. The summed E-state index contributed by atoms with van der Waals surface area (Å²) in [6.07, 6.45) is 0. The lowest BCUT2D eigenvalue weighted by atomic mass is 10.5. The van der Waals surface area contributed by atoms with Crippen LogP contribution in [0.2, 0.25) is 0 Å². The molecule has 0 N–H and O–H groups in total. The van der Waals surface area contributed by atoms with Crippen molar-refractivity contribution in [1.82, 2.24) is 0 Å². The Morgan fingerprint density at radius 2 is 2.00 bits per heavy atom. The fourth-order valence-electron chi connectivity index (χ4n) is 0.592. The van der Waals surface area contributed by atoms with Crippen LogP contribution in [-0.4, -0.2) is 39.4 Å². The highest BCUT2D eigenvalue weighted by atomic mass is 32.2. The zero-order valence-electron chi connectivity index (χ0n) is 6.66. The van der Waals surface area contributed by atoms with Crippen molar-refractivity contribution in [3.8, 4) is 0 Å². The van der Waals surface area contributed by atoms with E-state index >= 15 is 0 Å². The van der Waals surface area contributed by atoms with Gasteiger partial charge < -0.3 is 4.74 Å². The number of ketones is 1. The van der Waals surface area contributed by atoms with Gasteiger partial charge in [0.2, 0.25) is 0 Å². The first-order chi connectivity index (χ1) is 4.98. The summed E-state index contributed by atoms with van der Waals surface area (Å²) in [5.41, 5.74) is 0. The van der Waals surface area contributed by atoms with Gasteiger partial charge in [0.25, 0.3) is 0 Å². The van der Waals surface area contributed by atoms with Crippen molar-refractivity contribution in [2.75, 3.05) is 25.2 Å². The van der Waals surface area contributed by atoms with Crippen molar-refractivity contribution in [3.63, 3.8) is 0 Å². The highest BCUT2D eigenvalue weighted by Gasteiger charge is 2.12. The van der Waals surface area contributed by atoms with Crippen molar-refractivity contribution in [1.29, 1.82) is 0 Å². The molecular formula is C6H12O4S. The predicted molar refractivity (Wildman–Crippen MR) is 41.2 cm³/mol. The number of methoxy groups -OCH3 is 1. The second-order valence-corrected chi connectivity index (χ2v) is 4.47. The number of carbonyl (C=O) groups is 1. The van der Waals surface area contributed by atoms with Crippen LogP contribution >= 0.6 is 0 Å². The van der Waals surface area contributed by atoms with Gasteiger partial charge in [-0.15, -0.1) is 0 Å². The number of hydrogen-bond donors (Lipinski definition) is 0. The van der Waals surface area contributed by atoms with E-state index in [1.165, 1.54) is 14.0 Å². The Kier molecular flexibility index (Phi) is 4.29. The van der Waals surface area contributed by atoms with E-state index in [1.54, 1.807) is 0 Å². The Hall–Kier alpha value is -0.420. The first-order valence-electron chi connectivity index (χ1n) is 3.17. The summed E-state index contributed by atoms with van der Waals surface area (Å²) in [7, 11) is -1.80. The van der Waals surface area contributed by atoms with Gasteiger partial charge in [-0.25, -0.2) is 8.42 Å². The molecule has 0 aromatic rings. The van der Waals surface area contributed by atoms with Gasteiger partial charge in [-0.05, 0) is 6.92 Å². The molecule has 5 heteroatoms.